The van der Waals surface area contributed by atoms with Gasteiger partial charge in [0, 0.05) is 22.6 Å². The summed E-state index contributed by atoms with van der Waals surface area (Å²) in [7, 11) is 0. The zero-order valence-electron chi connectivity index (χ0n) is 12.4. The number of thioether (sulfide) groups is 2. The number of anilines is 1. The molecule has 0 amide bonds. The predicted molar refractivity (Wildman–Crippen MR) is 94.4 cm³/mol. The molecule has 3 atom stereocenters. The normalized spacial score (nSPS) is 39.4. The van der Waals surface area contributed by atoms with Crippen molar-refractivity contribution in [3.8, 4) is 0 Å². The van der Waals surface area contributed by atoms with Crippen molar-refractivity contribution in [3.05, 3.63) is 29.8 Å². The van der Waals surface area contributed by atoms with E-state index in [9.17, 15) is 0 Å². The summed E-state index contributed by atoms with van der Waals surface area (Å²) in [5, 5.41) is 4.02. The summed E-state index contributed by atoms with van der Waals surface area (Å²) in [6, 6.07) is 9.90. The largest absolute Gasteiger partial charge is 0.379 e. The number of para-hydroxylation sites is 1. The van der Waals surface area contributed by atoms with Crippen molar-refractivity contribution in [1.82, 2.24) is 0 Å². The van der Waals surface area contributed by atoms with Crippen LogP contribution in [0.2, 0.25) is 0 Å². The van der Waals surface area contributed by atoms with Crippen LogP contribution in [0.15, 0.2) is 24.3 Å². The summed E-state index contributed by atoms with van der Waals surface area (Å²) in [6.07, 6.45) is 8.61. The molecule has 5 rings (SSSR count). The SMILES string of the molecule is c1ccc2c(c1)N[C@H]1C3(CC[C@H]4CCCC[C@@]241)SCCS3. The number of fused-ring (bicyclic) bond motifs is 2. The van der Waals surface area contributed by atoms with E-state index >= 15 is 0 Å². The molecule has 2 spiro atoms. The van der Waals surface area contributed by atoms with Gasteiger partial charge in [-0.25, -0.2) is 0 Å². The molecule has 4 aliphatic rings. The van der Waals surface area contributed by atoms with Crippen LogP contribution in [-0.4, -0.2) is 21.6 Å². The van der Waals surface area contributed by atoms with Crippen LogP contribution >= 0.6 is 23.5 Å². The van der Waals surface area contributed by atoms with Gasteiger partial charge in [-0.15, -0.1) is 23.5 Å². The van der Waals surface area contributed by atoms with Crippen LogP contribution in [-0.2, 0) is 5.41 Å². The summed E-state index contributed by atoms with van der Waals surface area (Å²) >= 11 is 4.53. The van der Waals surface area contributed by atoms with E-state index in [1.54, 1.807) is 5.56 Å². The molecular formula is C18H23NS2. The van der Waals surface area contributed by atoms with E-state index in [0.29, 0.717) is 15.5 Å². The van der Waals surface area contributed by atoms with Gasteiger partial charge in [-0.05, 0) is 43.2 Å². The minimum absolute atomic E-state index is 0.442. The lowest BCUT2D eigenvalue weighted by Crippen LogP contribution is -2.59. The van der Waals surface area contributed by atoms with Crippen LogP contribution in [0.25, 0.3) is 0 Å². The number of benzene rings is 1. The van der Waals surface area contributed by atoms with Gasteiger partial charge < -0.3 is 5.32 Å². The lowest BCUT2D eigenvalue weighted by molar-refractivity contribution is 0.116. The molecule has 112 valence electrons. The molecule has 0 unspecified atom stereocenters. The summed E-state index contributed by atoms with van der Waals surface area (Å²) in [5.74, 6) is 3.61. The van der Waals surface area contributed by atoms with Crippen molar-refractivity contribution in [3.63, 3.8) is 0 Å². The molecule has 0 radical (unpaired) electrons. The Hall–Kier alpha value is -0.280. The Morgan fingerprint density at radius 2 is 1.86 bits per heavy atom. The first-order valence-electron chi connectivity index (χ1n) is 8.49. The fourth-order valence-corrected chi connectivity index (χ4v) is 9.25. The van der Waals surface area contributed by atoms with Gasteiger partial charge in [-0.1, -0.05) is 31.0 Å². The number of rotatable bonds is 0. The molecule has 2 aliphatic heterocycles. The summed E-state index contributed by atoms with van der Waals surface area (Å²) < 4.78 is 0.451. The molecule has 1 aromatic rings. The van der Waals surface area contributed by atoms with Crippen molar-refractivity contribution in [2.75, 3.05) is 16.8 Å². The van der Waals surface area contributed by atoms with Gasteiger partial charge >= 0.3 is 0 Å². The van der Waals surface area contributed by atoms with Crippen molar-refractivity contribution >= 4 is 29.2 Å². The third kappa shape index (κ3) is 1.63. The molecule has 21 heavy (non-hydrogen) atoms. The zero-order chi connectivity index (χ0) is 13.9. The second-order valence-electron chi connectivity index (χ2n) is 7.15. The first-order valence-corrected chi connectivity index (χ1v) is 10.5. The van der Waals surface area contributed by atoms with Gasteiger partial charge in [0.1, 0.15) is 0 Å². The van der Waals surface area contributed by atoms with E-state index < -0.39 is 0 Å². The summed E-state index contributed by atoms with van der Waals surface area (Å²) in [5.41, 5.74) is 3.55. The Morgan fingerprint density at radius 1 is 1.00 bits per heavy atom. The van der Waals surface area contributed by atoms with Crippen molar-refractivity contribution < 1.29 is 0 Å². The quantitative estimate of drug-likeness (QED) is 0.732. The second kappa shape index (κ2) is 4.61. The Labute approximate surface area is 136 Å². The maximum Gasteiger partial charge on any atom is 0.0820 e. The van der Waals surface area contributed by atoms with Crippen molar-refractivity contribution in [2.45, 2.75) is 54.1 Å². The topological polar surface area (TPSA) is 12.0 Å². The molecule has 2 aliphatic carbocycles. The van der Waals surface area contributed by atoms with Gasteiger partial charge in [0.15, 0.2) is 0 Å². The maximum atomic E-state index is 4.02. The molecule has 1 saturated heterocycles. The highest BCUT2D eigenvalue weighted by Gasteiger charge is 2.63. The Kier molecular flexibility index (Phi) is 2.89. The smallest absolute Gasteiger partial charge is 0.0820 e. The second-order valence-corrected chi connectivity index (χ2v) is 10.3. The molecule has 1 N–H and O–H groups in total. The van der Waals surface area contributed by atoms with Crippen LogP contribution in [0.5, 0.6) is 0 Å². The number of hydrogen-bond acceptors (Lipinski definition) is 3. The minimum atomic E-state index is 0.442. The molecule has 3 fully saturated rings. The Bertz CT molecular complexity index is 566. The van der Waals surface area contributed by atoms with Gasteiger partial charge in [0.05, 0.1) is 10.1 Å². The zero-order valence-corrected chi connectivity index (χ0v) is 14.1. The summed E-state index contributed by atoms with van der Waals surface area (Å²) in [4.78, 5) is 0. The van der Waals surface area contributed by atoms with Crippen molar-refractivity contribution in [2.24, 2.45) is 5.92 Å². The van der Waals surface area contributed by atoms with E-state index in [2.05, 4.69) is 53.1 Å². The maximum absolute atomic E-state index is 4.02. The van der Waals surface area contributed by atoms with E-state index in [0.717, 1.165) is 5.92 Å². The van der Waals surface area contributed by atoms with Crippen LogP contribution < -0.4 is 5.32 Å². The van der Waals surface area contributed by atoms with Gasteiger partial charge in [0.25, 0.3) is 0 Å². The standard InChI is InChI=1S/C18H23NS2/c1-2-7-15-14(6-1)17-9-4-3-5-13(17)8-10-18(16(17)19-15)20-11-12-21-18/h1-2,6-7,13,16,19H,3-5,8-12H2/t13-,16-,17+/m1/s1. The number of nitrogens with one attached hydrogen (secondary N) is 1. The van der Waals surface area contributed by atoms with Crippen molar-refractivity contribution in [1.29, 1.82) is 0 Å². The molecule has 2 heterocycles. The van der Waals surface area contributed by atoms with E-state index in [1.807, 2.05) is 0 Å². The fourth-order valence-electron chi connectivity index (χ4n) is 5.66. The lowest BCUT2D eigenvalue weighted by atomic mass is 9.55. The Balaban J connectivity index is 1.69. The highest BCUT2D eigenvalue weighted by molar-refractivity contribution is 8.21. The first kappa shape index (κ1) is 13.2. The van der Waals surface area contributed by atoms with Gasteiger partial charge in [-0.2, -0.15) is 0 Å². The average Bonchev–Trinajstić information content (AvgIpc) is 3.12. The highest BCUT2D eigenvalue weighted by Crippen LogP contribution is 2.66. The molecular weight excluding hydrogens is 294 g/mol. The molecule has 3 heteroatoms. The predicted octanol–water partition coefficient (Wildman–Crippen LogP) is 4.88. The molecule has 0 aromatic heterocycles. The minimum Gasteiger partial charge on any atom is -0.379 e. The fraction of sp³-hybridized carbons (Fsp3) is 0.667. The van der Waals surface area contributed by atoms with E-state index in [4.69, 9.17) is 0 Å². The van der Waals surface area contributed by atoms with Gasteiger partial charge in [-0.3, -0.25) is 0 Å². The van der Waals surface area contributed by atoms with Crippen LogP contribution in [0.4, 0.5) is 5.69 Å². The third-order valence-electron chi connectivity index (χ3n) is 6.42. The molecule has 0 bridgehead atoms. The van der Waals surface area contributed by atoms with Crippen LogP contribution in [0, 0.1) is 5.92 Å². The van der Waals surface area contributed by atoms with Crippen LogP contribution in [0.1, 0.15) is 44.1 Å². The van der Waals surface area contributed by atoms with E-state index in [1.165, 1.54) is 55.7 Å². The monoisotopic (exact) mass is 317 g/mol. The Morgan fingerprint density at radius 3 is 2.76 bits per heavy atom. The highest BCUT2D eigenvalue weighted by atomic mass is 32.2. The first-order chi connectivity index (χ1) is 10.4. The molecule has 1 nitrogen and oxygen atoms in total. The van der Waals surface area contributed by atoms with Crippen LogP contribution in [0.3, 0.4) is 0 Å². The van der Waals surface area contributed by atoms with Gasteiger partial charge in [0.2, 0.25) is 0 Å². The lowest BCUT2D eigenvalue weighted by Gasteiger charge is -2.55. The summed E-state index contributed by atoms with van der Waals surface area (Å²) in [6.45, 7) is 0. The van der Waals surface area contributed by atoms with E-state index in [-0.39, 0.29) is 0 Å². The number of hydrogen-bond donors (Lipinski definition) is 1. The average molecular weight is 318 g/mol. The molecule has 1 aromatic carbocycles. The molecule has 2 saturated carbocycles. The third-order valence-corrected chi connectivity index (χ3v) is 10.1.